The SMILES string of the molecule is O=C(Nc1ccc(C[SH](=O)=O)nc1)c1n[nH]c2ccc(-c3cccc(F)c3F)cc12. The van der Waals surface area contributed by atoms with Crippen LogP contribution in [0.15, 0.2) is 54.7 Å². The molecule has 4 rings (SSSR count). The first-order valence-electron chi connectivity index (χ1n) is 8.73. The van der Waals surface area contributed by atoms with E-state index >= 15 is 0 Å². The van der Waals surface area contributed by atoms with Gasteiger partial charge in [0, 0.05) is 10.9 Å². The van der Waals surface area contributed by atoms with Crippen molar-refractivity contribution in [3.05, 3.63) is 77.8 Å². The van der Waals surface area contributed by atoms with Crippen molar-refractivity contribution in [1.82, 2.24) is 15.2 Å². The molecule has 0 aliphatic heterocycles. The summed E-state index contributed by atoms with van der Waals surface area (Å²) in [4.78, 5) is 16.7. The molecular weight excluding hydrogens is 414 g/mol. The number of amides is 1. The van der Waals surface area contributed by atoms with Crippen molar-refractivity contribution in [2.24, 2.45) is 0 Å². The number of hydrogen-bond acceptors (Lipinski definition) is 5. The highest BCUT2D eigenvalue weighted by Gasteiger charge is 2.17. The molecule has 0 saturated heterocycles. The number of carbonyl (C=O) groups is 1. The maximum Gasteiger partial charge on any atom is 0.276 e. The molecule has 1 amide bonds. The molecule has 0 radical (unpaired) electrons. The smallest absolute Gasteiger partial charge is 0.276 e. The third-order valence-electron chi connectivity index (χ3n) is 4.41. The van der Waals surface area contributed by atoms with Crippen LogP contribution in [-0.4, -0.2) is 29.5 Å². The summed E-state index contributed by atoms with van der Waals surface area (Å²) in [6.07, 6.45) is 1.34. The van der Waals surface area contributed by atoms with Gasteiger partial charge in [0.2, 0.25) is 0 Å². The van der Waals surface area contributed by atoms with E-state index in [9.17, 15) is 22.0 Å². The highest BCUT2D eigenvalue weighted by Crippen LogP contribution is 2.28. The Balaban J connectivity index is 1.64. The highest BCUT2D eigenvalue weighted by molar-refractivity contribution is 7.71. The number of fused-ring (bicyclic) bond motifs is 1. The zero-order valence-electron chi connectivity index (χ0n) is 15.2. The van der Waals surface area contributed by atoms with Gasteiger partial charge in [0.15, 0.2) is 17.3 Å². The van der Waals surface area contributed by atoms with Gasteiger partial charge in [0.05, 0.1) is 28.8 Å². The Labute approximate surface area is 170 Å². The van der Waals surface area contributed by atoms with Crippen LogP contribution in [0.4, 0.5) is 14.5 Å². The molecule has 0 saturated carbocycles. The third kappa shape index (κ3) is 3.90. The molecule has 2 heterocycles. The Morgan fingerprint density at radius 2 is 1.93 bits per heavy atom. The van der Waals surface area contributed by atoms with Gasteiger partial charge in [-0.2, -0.15) is 5.10 Å². The van der Waals surface area contributed by atoms with E-state index in [1.54, 1.807) is 18.2 Å². The van der Waals surface area contributed by atoms with Crippen LogP contribution in [0.25, 0.3) is 22.0 Å². The number of benzene rings is 2. The predicted octanol–water partition coefficient (Wildman–Crippen LogP) is 3.27. The molecule has 10 heteroatoms. The molecule has 0 bridgehead atoms. The van der Waals surface area contributed by atoms with Gasteiger partial charge in [0.25, 0.3) is 5.91 Å². The maximum absolute atomic E-state index is 14.1. The van der Waals surface area contributed by atoms with Crippen LogP contribution in [0.1, 0.15) is 16.2 Å². The molecule has 2 N–H and O–H groups in total. The van der Waals surface area contributed by atoms with E-state index in [2.05, 4.69) is 20.5 Å². The summed E-state index contributed by atoms with van der Waals surface area (Å²) >= 11 is 0. The highest BCUT2D eigenvalue weighted by atomic mass is 32.2. The number of nitrogens with zero attached hydrogens (tertiary/aromatic N) is 2. The summed E-state index contributed by atoms with van der Waals surface area (Å²) < 4.78 is 49.2. The number of rotatable bonds is 5. The van der Waals surface area contributed by atoms with Gasteiger partial charge < -0.3 is 5.32 Å². The first kappa shape index (κ1) is 19.6. The standard InChI is InChI=1S/C20H14F2N4O3S/c21-16-3-1-2-14(18(16)22)11-4-7-17-15(8-11)19(26-25-17)20(27)24-12-5-6-13(23-9-12)10-30(28)29/h1-9,30H,10H2,(H,24,27)(H,25,26). The Kier molecular flexibility index (Phi) is 5.23. The molecule has 0 aliphatic carbocycles. The molecular formula is C20H14F2N4O3S. The number of anilines is 1. The van der Waals surface area contributed by atoms with E-state index in [4.69, 9.17) is 0 Å². The van der Waals surface area contributed by atoms with E-state index in [0.29, 0.717) is 27.8 Å². The summed E-state index contributed by atoms with van der Waals surface area (Å²) in [5.41, 5.74) is 1.79. The average Bonchev–Trinajstić information content (AvgIpc) is 3.14. The minimum atomic E-state index is -2.59. The van der Waals surface area contributed by atoms with E-state index in [1.165, 1.54) is 30.5 Å². The molecule has 4 aromatic rings. The summed E-state index contributed by atoms with van der Waals surface area (Å²) in [5, 5.41) is 9.81. The zero-order valence-corrected chi connectivity index (χ0v) is 16.1. The van der Waals surface area contributed by atoms with E-state index in [0.717, 1.165) is 6.07 Å². The van der Waals surface area contributed by atoms with E-state index < -0.39 is 28.2 Å². The fourth-order valence-corrected chi connectivity index (χ4v) is 3.45. The number of H-pyrrole nitrogens is 1. The second-order valence-corrected chi connectivity index (χ2v) is 7.40. The number of aromatic amines is 1. The van der Waals surface area contributed by atoms with Crippen LogP contribution in [0.5, 0.6) is 0 Å². The van der Waals surface area contributed by atoms with Gasteiger partial charge in [0.1, 0.15) is 10.7 Å². The second kappa shape index (κ2) is 7.99. The summed E-state index contributed by atoms with van der Waals surface area (Å²) in [5.74, 6) is -2.66. The summed E-state index contributed by atoms with van der Waals surface area (Å²) in [6, 6.07) is 11.7. The Morgan fingerprint density at radius 1 is 1.10 bits per heavy atom. The minimum Gasteiger partial charge on any atom is -0.319 e. The van der Waals surface area contributed by atoms with Crippen LogP contribution in [0, 0.1) is 11.6 Å². The number of aromatic nitrogens is 3. The predicted molar refractivity (Wildman–Crippen MR) is 108 cm³/mol. The van der Waals surface area contributed by atoms with Crippen molar-refractivity contribution in [1.29, 1.82) is 0 Å². The van der Waals surface area contributed by atoms with Crippen molar-refractivity contribution in [2.75, 3.05) is 5.32 Å². The number of nitrogens with one attached hydrogen (secondary N) is 2. The van der Waals surface area contributed by atoms with Crippen molar-refractivity contribution in [2.45, 2.75) is 5.75 Å². The van der Waals surface area contributed by atoms with Crippen molar-refractivity contribution in [3.8, 4) is 11.1 Å². The third-order valence-corrected chi connectivity index (χ3v) is 5.00. The zero-order chi connectivity index (χ0) is 21.3. The first-order chi connectivity index (χ1) is 14.4. The molecule has 30 heavy (non-hydrogen) atoms. The van der Waals surface area contributed by atoms with Crippen molar-refractivity contribution >= 4 is 33.2 Å². The molecule has 2 aromatic heterocycles. The Bertz CT molecular complexity index is 1330. The summed E-state index contributed by atoms with van der Waals surface area (Å²) in [7, 11) is -2.59. The first-order valence-corrected chi connectivity index (χ1v) is 10.1. The van der Waals surface area contributed by atoms with Crippen molar-refractivity contribution in [3.63, 3.8) is 0 Å². The number of halogens is 2. The lowest BCUT2D eigenvalue weighted by atomic mass is 10.0. The van der Waals surface area contributed by atoms with Crippen LogP contribution in [0.2, 0.25) is 0 Å². The molecule has 2 aromatic carbocycles. The van der Waals surface area contributed by atoms with Gasteiger partial charge in [-0.25, -0.2) is 17.2 Å². The molecule has 0 spiro atoms. The van der Waals surface area contributed by atoms with E-state index in [1.807, 2.05) is 0 Å². The van der Waals surface area contributed by atoms with Crippen LogP contribution < -0.4 is 5.32 Å². The molecule has 7 nitrogen and oxygen atoms in total. The minimum absolute atomic E-state index is 0.0652. The van der Waals surface area contributed by atoms with E-state index in [-0.39, 0.29) is 17.0 Å². The van der Waals surface area contributed by atoms with Crippen LogP contribution >= 0.6 is 0 Å². The number of pyridine rings is 1. The van der Waals surface area contributed by atoms with Crippen LogP contribution in [0.3, 0.4) is 0 Å². The fourth-order valence-electron chi connectivity index (χ4n) is 3.00. The van der Waals surface area contributed by atoms with Gasteiger partial charge in [-0.15, -0.1) is 0 Å². The maximum atomic E-state index is 14.1. The lowest BCUT2D eigenvalue weighted by Gasteiger charge is -2.06. The monoisotopic (exact) mass is 428 g/mol. The van der Waals surface area contributed by atoms with Gasteiger partial charge >= 0.3 is 0 Å². The van der Waals surface area contributed by atoms with Crippen molar-refractivity contribution < 1.29 is 22.0 Å². The Hall–Kier alpha value is -3.66. The summed E-state index contributed by atoms with van der Waals surface area (Å²) in [6.45, 7) is 0. The number of carbonyl (C=O) groups excluding carboxylic acids is 1. The lowest BCUT2D eigenvalue weighted by molar-refractivity contribution is 0.102. The van der Waals surface area contributed by atoms with Gasteiger partial charge in [-0.3, -0.25) is 14.9 Å². The molecule has 0 fully saturated rings. The Morgan fingerprint density at radius 3 is 2.67 bits per heavy atom. The topological polar surface area (TPSA) is 105 Å². The quantitative estimate of drug-likeness (QED) is 0.423. The second-order valence-electron chi connectivity index (χ2n) is 6.42. The van der Waals surface area contributed by atoms with Gasteiger partial charge in [-0.05, 0) is 35.9 Å². The number of thiol groups is 1. The lowest BCUT2D eigenvalue weighted by Crippen LogP contribution is -2.13. The average molecular weight is 428 g/mol. The molecule has 0 unspecified atom stereocenters. The van der Waals surface area contributed by atoms with Gasteiger partial charge in [-0.1, -0.05) is 18.2 Å². The normalized spacial score (nSPS) is 11.2. The van der Waals surface area contributed by atoms with Crippen LogP contribution in [-0.2, 0) is 16.5 Å². The molecule has 0 atom stereocenters. The number of hydrogen-bond donors (Lipinski definition) is 3. The molecule has 152 valence electrons. The largest absolute Gasteiger partial charge is 0.319 e. The fraction of sp³-hybridized carbons (Fsp3) is 0.0500. The molecule has 0 aliphatic rings.